The summed E-state index contributed by atoms with van der Waals surface area (Å²) in [5, 5.41) is 9.84. The number of halogens is 4. The third kappa shape index (κ3) is 4.24. The van der Waals surface area contributed by atoms with Gasteiger partial charge in [-0.15, -0.1) is 0 Å². The second-order valence-corrected chi connectivity index (χ2v) is 5.56. The molecular weight excluding hydrogens is 361 g/mol. The van der Waals surface area contributed by atoms with Crippen LogP contribution in [0, 0.1) is 11.6 Å². The van der Waals surface area contributed by atoms with Gasteiger partial charge in [0.05, 0.1) is 11.1 Å². The third-order valence-electron chi connectivity index (χ3n) is 3.12. The molecule has 2 nitrogen and oxygen atoms in total. The van der Waals surface area contributed by atoms with E-state index >= 15 is 0 Å². The van der Waals surface area contributed by atoms with E-state index in [1.165, 1.54) is 24.3 Å². The van der Waals surface area contributed by atoms with Gasteiger partial charge in [-0.25, -0.2) is 13.2 Å². The predicted octanol–water partition coefficient (Wildman–Crippen LogP) is 4.57. The van der Waals surface area contributed by atoms with Crippen molar-refractivity contribution in [3.05, 3.63) is 64.1 Å². The van der Waals surface area contributed by atoms with Crippen LogP contribution in [0.25, 0.3) is 0 Å². The van der Waals surface area contributed by atoms with Gasteiger partial charge >= 0.3 is 0 Å². The van der Waals surface area contributed by atoms with Crippen molar-refractivity contribution < 1.29 is 23.0 Å². The van der Waals surface area contributed by atoms with E-state index in [9.17, 15) is 18.3 Å². The molecule has 2 aromatic carbocycles. The zero-order valence-corrected chi connectivity index (χ0v) is 13.1. The molecule has 2 atom stereocenters. The molecule has 6 heteroatoms. The van der Waals surface area contributed by atoms with Crippen LogP contribution in [-0.4, -0.2) is 17.9 Å². The lowest BCUT2D eigenvalue weighted by Gasteiger charge is -2.16. The molecule has 0 fully saturated rings. The average Bonchev–Trinajstić information content (AvgIpc) is 2.51. The molecule has 2 unspecified atom stereocenters. The summed E-state index contributed by atoms with van der Waals surface area (Å²) in [6.45, 7) is -0.0905. The number of aliphatic hydroxyl groups excluding tert-OH is 1. The number of ether oxygens (including phenoxy) is 1. The quantitative estimate of drug-likeness (QED) is 0.802. The van der Waals surface area contributed by atoms with Crippen LogP contribution in [0.1, 0.15) is 18.1 Å². The first kappa shape index (κ1) is 16.8. The minimum Gasteiger partial charge on any atom is -0.490 e. The van der Waals surface area contributed by atoms with Gasteiger partial charge in [0.2, 0.25) is 0 Å². The number of hydrogen-bond acceptors (Lipinski definition) is 2. The fourth-order valence-electron chi connectivity index (χ4n) is 1.90. The van der Waals surface area contributed by atoms with E-state index in [2.05, 4.69) is 15.9 Å². The minimum absolute atomic E-state index is 0.0119. The Bertz CT molecular complexity index is 619. The molecule has 2 aromatic rings. The molecule has 0 saturated heterocycles. The Morgan fingerprint density at radius 1 is 1.09 bits per heavy atom. The minimum atomic E-state index is -1.60. The second kappa shape index (κ2) is 7.65. The van der Waals surface area contributed by atoms with Crippen LogP contribution in [-0.2, 0) is 0 Å². The summed E-state index contributed by atoms with van der Waals surface area (Å²) < 4.78 is 45.8. The molecule has 0 bridgehead atoms. The highest BCUT2D eigenvalue weighted by atomic mass is 79.9. The van der Waals surface area contributed by atoms with Crippen LogP contribution in [0.4, 0.5) is 13.2 Å². The molecule has 22 heavy (non-hydrogen) atoms. The lowest BCUT2D eigenvalue weighted by molar-refractivity contribution is 0.0627. The third-order valence-corrected chi connectivity index (χ3v) is 3.73. The van der Waals surface area contributed by atoms with Gasteiger partial charge < -0.3 is 9.84 Å². The van der Waals surface area contributed by atoms with Gasteiger partial charge in [-0.3, -0.25) is 0 Å². The van der Waals surface area contributed by atoms with Gasteiger partial charge in [-0.1, -0.05) is 18.2 Å². The standard InChI is InChI=1S/C16H14BrF3O2/c17-12-2-1-3-14(15(12)20)22-9-8-13(19)16(21)10-4-6-11(18)7-5-10/h1-7,13,16,21H,8-9H2. The van der Waals surface area contributed by atoms with Crippen LogP contribution < -0.4 is 4.74 Å². The van der Waals surface area contributed by atoms with E-state index in [0.29, 0.717) is 0 Å². The molecule has 0 spiro atoms. The van der Waals surface area contributed by atoms with Gasteiger partial charge in [0, 0.05) is 6.42 Å². The van der Waals surface area contributed by atoms with Gasteiger partial charge in [0.15, 0.2) is 11.6 Å². The Hall–Kier alpha value is -1.53. The summed E-state index contributed by atoms with van der Waals surface area (Å²) in [7, 11) is 0. The van der Waals surface area contributed by atoms with Crippen LogP contribution in [0.15, 0.2) is 46.9 Å². The van der Waals surface area contributed by atoms with Crippen LogP contribution >= 0.6 is 15.9 Å². The highest BCUT2D eigenvalue weighted by molar-refractivity contribution is 9.10. The number of benzene rings is 2. The molecular formula is C16H14BrF3O2. The molecule has 118 valence electrons. The first-order chi connectivity index (χ1) is 10.5. The van der Waals surface area contributed by atoms with Crippen molar-refractivity contribution >= 4 is 15.9 Å². The average molecular weight is 375 g/mol. The summed E-state index contributed by atoms with van der Waals surface area (Å²) in [5.74, 6) is -1.00. The fourth-order valence-corrected chi connectivity index (χ4v) is 2.25. The molecule has 0 aliphatic heterocycles. The number of hydrogen-bond donors (Lipinski definition) is 1. The Balaban J connectivity index is 1.88. The number of aliphatic hydroxyl groups is 1. The van der Waals surface area contributed by atoms with Gasteiger partial charge in [0.1, 0.15) is 18.1 Å². The summed E-state index contributed by atoms with van der Waals surface area (Å²) in [6, 6.07) is 9.51. The van der Waals surface area contributed by atoms with Crippen LogP contribution in [0.2, 0.25) is 0 Å². The van der Waals surface area contributed by atoms with Gasteiger partial charge in [-0.05, 0) is 45.8 Å². The predicted molar refractivity (Wildman–Crippen MR) is 80.5 cm³/mol. The largest absolute Gasteiger partial charge is 0.490 e. The topological polar surface area (TPSA) is 29.5 Å². The highest BCUT2D eigenvalue weighted by Crippen LogP contribution is 2.26. The Labute approximate surface area is 134 Å². The van der Waals surface area contributed by atoms with E-state index in [-0.39, 0.29) is 28.8 Å². The zero-order chi connectivity index (χ0) is 16.1. The summed E-state index contributed by atoms with van der Waals surface area (Å²) in [4.78, 5) is 0. The van der Waals surface area contributed by atoms with Crippen molar-refractivity contribution in [2.75, 3.05) is 6.61 Å². The molecule has 0 radical (unpaired) electrons. The summed E-state index contributed by atoms with van der Waals surface area (Å²) >= 11 is 3.03. The smallest absolute Gasteiger partial charge is 0.179 e. The fraction of sp³-hybridized carbons (Fsp3) is 0.250. The molecule has 0 aliphatic carbocycles. The van der Waals surface area contributed by atoms with Gasteiger partial charge in [0.25, 0.3) is 0 Å². The molecule has 2 rings (SSSR count). The van der Waals surface area contributed by atoms with Crippen LogP contribution in [0.5, 0.6) is 5.75 Å². The Morgan fingerprint density at radius 3 is 2.45 bits per heavy atom. The molecule has 0 heterocycles. The molecule has 0 saturated carbocycles. The Kier molecular flexibility index (Phi) is 5.85. The number of rotatable bonds is 6. The molecule has 0 aromatic heterocycles. The van der Waals surface area contributed by atoms with Crippen molar-refractivity contribution in [2.45, 2.75) is 18.7 Å². The molecule has 0 aliphatic rings. The monoisotopic (exact) mass is 374 g/mol. The van der Waals surface area contributed by atoms with E-state index in [0.717, 1.165) is 12.1 Å². The van der Waals surface area contributed by atoms with Crippen molar-refractivity contribution in [1.29, 1.82) is 0 Å². The van der Waals surface area contributed by atoms with Crippen molar-refractivity contribution in [3.63, 3.8) is 0 Å². The Morgan fingerprint density at radius 2 is 1.77 bits per heavy atom. The summed E-state index contributed by atoms with van der Waals surface area (Å²) in [6.07, 6.45) is -3.10. The van der Waals surface area contributed by atoms with E-state index in [4.69, 9.17) is 4.74 Å². The first-order valence-corrected chi connectivity index (χ1v) is 7.42. The maximum absolute atomic E-state index is 13.9. The second-order valence-electron chi connectivity index (χ2n) is 4.70. The van der Waals surface area contributed by atoms with E-state index in [1.807, 2.05) is 0 Å². The van der Waals surface area contributed by atoms with Crippen molar-refractivity contribution in [1.82, 2.24) is 0 Å². The van der Waals surface area contributed by atoms with Crippen molar-refractivity contribution in [2.24, 2.45) is 0 Å². The van der Waals surface area contributed by atoms with E-state index in [1.54, 1.807) is 6.07 Å². The molecule has 0 amide bonds. The van der Waals surface area contributed by atoms with Crippen molar-refractivity contribution in [3.8, 4) is 5.75 Å². The molecule has 1 N–H and O–H groups in total. The highest BCUT2D eigenvalue weighted by Gasteiger charge is 2.20. The van der Waals surface area contributed by atoms with Gasteiger partial charge in [-0.2, -0.15) is 0 Å². The lowest BCUT2D eigenvalue weighted by atomic mass is 10.0. The maximum Gasteiger partial charge on any atom is 0.179 e. The summed E-state index contributed by atoms with van der Waals surface area (Å²) in [5.41, 5.74) is 0.280. The first-order valence-electron chi connectivity index (χ1n) is 6.63. The van der Waals surface area contributed by atoms with Crippen LogP contribution in [0.3, 0.4) is 0 Å². The number of alkyl halides is 1. The normalized spacial score (nSPS) is 13.7. The lowest BCUT2D eigenvalue weighted by Crippen LogP contribution is -2.17. The maximum atomic E-state index is 13.9. The zero-order valence-electron chi connectivity index (χ0n) is 11.5. The SMILES string of the molecule is OC(c1ccc(F)cc1)C(F)CCOc1cccc(Br)c1F. The van der Waals surface area contributed by atoms with E-state index < -0.39 is 23.9 Å².